The van der Waals surface area contributed by atoms with Crippen LogP contribution in [0, 0.1) is 0 Å². The Labute approximate surface area is 131 Å². The van der Waals surface area contributed by atoms with Crippen molar-refractivity contribution in [3.8, 4) is 5.75 Å². The lowest BCUT2D eigenvalue weighted by Gasteiger charge is -2.23. The van der Waals surface area contributed by atoms with Gasteiger partial charge in [0.05, 0.1) is 5.02 Å². The Balaban J connectivity index is 2.07. The molecule has 0 amide bonds. The molecule has 0 aliphatic rings. The predicted octanol–water partition coefficient (Wildman–Crippen LogP) is 3.44. The van der Waals surface area contributed by atoms with Crippen LogP contribution in [0.1, 0.15) is 17.2 Å². The van der Waals surface area contributed by atoms with Crippen molar-refractivity contribution in [1.82, 2.24) is 10.2 Å². The van der Waals surface area contributed by atoms with E-state index in [9.17, 15) is 5.11 Å². The van der Waals surface area contributed by atoms with Crippen molar-refractivity contribution in [2.24, 2.45) is 0 Å². The average Bonchev–Trinajstić information content (AvgIpc) is 2.47. The molecular weight excluding hydrogens is 284 g/mol. The van der Waals surface area contributed by atoms with Crippen LogP contribution in [0.5, 0.6) is 5.75 Å². The molecule has 21 heavy (non-hydrogen) atoms. The van der Waals surface area contributed by atoms with Gasteiger partial charge in [-0.1, -0.05) is 48.0 Å². The van der Waals surface area contributed by atoms with Gasteiger partial charge in [0.15, 0.2) is 0 Å². The maximum Gasteiger partial charge on any atom is 0.134 e. The molecule has 0 spiro atoms. The monoisotopic (exact) mass is 304 g/mol. The van der Waals surface area contributed by atoms with E-state index in [1.165, 1.54) is 5.56 Å². The van der Waals surface area contributed by atoms with Gasteiger partial charge in [0.25, 0.3) is 0 Å². The van der Waals surface area contributed by atoms with Crippen LogP contribution in [0.4, 0.5) is 0 Å². The molecule has 112 valence electrons. The van der Waals surface area contributed by atoms with Gasteiger partial charge in [-0.25, -0.2) is 0 Å². The average molecular weight is 305 g/mol. The van der Waals surface area contributed by atoms with E-state index in [1.54, 1.807) is 12.1 Å². The van der Waals surface area contributed by atoms with Gasteiger partial charge >= 0.3 is 0 Å². The van der Waals surface area contributed by atoms with Crippen molar-refractivity contribution in [2.45, 2.75) is 12.6 Å². The van der Waals surface area contributed by atoms with Crippen molar-refractivity contribution in [1.29, 1.82) is 0 Å². The van der Waals surface area contributed by atoms with Gasteiger partial charge in [-0.3, -0.25) is 0 Å². The number of nitrogens with one attached hydrogen (secondary N) is 1. The number of hydrogen-bond acceptors (Lipinski definition) is 3. The fourth-order valence-corrected chi connectivity index (χ4v) is 2.44. The summed E-state index contributed by atoms with van der Waals surface area (Å²) in [6, 6.07) is 15.9. The van der Waals surface area contributed by atoms with Gasteiger partial charge in [-0.15, -0.1) is 0 Å². The number of likely N-dealkylation sites (N-methyl/N-ethyl adjacent to an activating group) is 1. The van der Waals surface area contributed by atoms with Crippen molar-refractivity contribution in [2.75, 3.05) is 20.6 Å². The summed E-state index contributed by atoms with van der Waals surface area (Å²) >= 11 is 5.94. The molecule has 2 N–H and O–H groups in total. The third-order valence-electron chi connectivity index (χ3n) is 3.31. The molecule has 0 aliphatic carbocycles. The van der Waals surface area contributed by atoms with Crippen LogP contribution in [0.25, 0.3) is 0 Å². The summed E-state index contributed by atoms with van der Waals surface area (Å²) in [5, 5.41) is 13.4. The summed E-state index contributed by atoms with van der Waals surface area (Å²) in [5.41, 5.74) is 2.31. The first-order valence-corrected chi connectivity index (χ1v) is 7.34. The predicted molar refractivity (Wildman–Crippen MR) is 87.7 cm³/mol. The van der Waals surface area contributed by atoms with Gasteiger partial charge in [0, 0.05) is 19.1 Å². The molecule has 1 unspecified atom stereocenters. The van der Waals surface area contributed by atoms with E-state index < -0.39 is 0 Å². The first-order chi connectivity index (χ1) is 10.1. The van der Waals surface area contributed by atoms with E-state index in [2.05, 4.69) is 48.6 Å². The fraction of sp³-hybridized carbons (Fsp3) is 0.294. The van der Waals surface area contributed by atoms with Crippen molar-refractivity contribution < 1.29 is 5.11 Å². The first kappa shape index (κ1) is 15.8. The van der Waals surface area contributed by atoms with Crippen LogP contribution in [0.3, 0.4) is 0 Å². The summed E-state index contributed by atoms with van der Waals surface area (Å²) in [5.74, 6) is 0.119. The van der Waals surface area contributed by atoms with E-state index in [0.717, 1.165) is 12.1 Å². The zero-order valence-electron chi connectivity index (χ0n) is 12.4. The lowest BCUT2D eigenvalue weighted by Crippen LogP contribution is -2.30. The van der Waals surface area contributed by atoms with E-state index in [-0.39, 0.29) is 11.8 Å². The molecular formula is C17H21ClN2O. The highest BCUT2D eigenvalue weighted by atomic mass is 35.5. The largest absolute Gasteiger partial charge is 0.506 e. The van der Waals surface area contributed by atoms with Gasteiger partial charge in [0.2, 0.25) is 0 Å². The number of benzene rings is 2. The highest BCUT2D eigenvalue weighted by Crippen LogP contribution is 2.24. The SMILES string of the molecule is CN(C)CC(NCc1ccc(O)c(Cl)c1)c1ccccc1. The molecule has 0 saturated carbocycles. The standard InChI is InChI=1S/C17H21ClN2O/c1-20(2)12-16(14-6-4-3-5-7-14)19-11-13-8-9-17(21)15(18)10-13/h3-10,16,19,21H,11-12H2,1-2H3. The molecule has 0 radical (unpaired) electrons. The first-order valence-electron chi connectivity index (χ1n) is 6.96. The molecule has 0 heterocycles. The van der Waals surface area contributed by atoms with Crippen LogP contribution in [-0.2, 0) is 6.54 Å². The molecule has 0 bridgehead atoms. The third kappa shape index (κ3) is 4.74. The zero-order valence-corrected chi connectivity index (χ0v) is 13.1. The molecule has 2 aromatic rings. The van der Waals surface area contributed by atoms with Gasteiger partial charge in [-0.05, 0) is 37.4 Å². The molecule has 0 aliphatic heterocycles. The molecule has 0 saturated heterocycles. The molecule has 0 aromatic heterocycles. The summed E-state index contributed by atoms with van der Waals surface area (Å²) in [6.45, 7) is 1.61. The quantitative estimate of drug-likeness (QED) is 0.858. The number of hydrogen-bond donors (Lipinski definition) is 2. The van der Waals surface area contributed by atoms with E-state index >= 15 is 0 Å². The Morgan fingerprint density at radius 3 is 2.48 bits per heavy atom. The Hall–Kier alpha value is -1.55. The third-order valence-corrected chi connectivity index (χ3v) is 3.62. The number of aromatic hydroxyl groups is 1. The summed E-state index contributed by atoms with van der Waals surface area (Å²) < 4.78 is 0. The minimum atomic E-state index is 0.119. The maximum absolute atomic E-state index is 9.46. The second kappa shape index (κ2) is 7.46. The number of rotatable bonds is 6. The van der Waals surface area contributed by atoms with Gasteiger partial charge < -0.3 is 15.3 Å². The van der Waals surface area contributed by atoms with Crippen LogP contribution < -0.4 is 5.32 Å². The number of phenolic OH excluding ortho intramolecular Hbond substituents is 1. The molecule has 3 nitrogen and oxygen atoms in total. The number of halogens is 1. The van der Waals surface area contributed by atoms with Crippen molar-refractivity contribution >= 4 is 11.6 Å². The lowest BCUT2D eigenvalue weighted by atomic mass is 10.1. The van der Waals surface area contributed by atoms with Crippen LogP contribution in [-0.4, -0.2) is 30.6 Å². The smallest absolute Gasteiger partial charge is 0.134 e. The highest BCUT2D eigenvalue weighted by molar-refractivity contribution is 6.32. The van der Waals surface area contributed by atoms with Crippen LogP contribution >= 0.6 is 11.6 Å². The molecule has 1 atom stereocenters. The number of nitrogens with zero attached hydrogens (tertiary/aromatic N) is 1. The summed E-state index contributed by atoms with van der Waals surface area (Å²) in [7, 11) is 4.13. The summed E-state index contributed by atoms with van der Waals surface area (Å²) in [4.78, 5) is 2.16. The fourth-order valence-electron chi connectivity index (χ4n) is 2.24. The maximum atomic E-state index is 9.46. The normalized spacial score (nSPS) is 12.6. The Morgan fingerprint density at radius 1 is 1.14 bits per heavy atom. The highest BCUT2D eigenvalue weighted by Gasteiger charge is 2.12. The van der Waals surface area contributed by atoms with Crippen LogP contribution in [0.15, 0.2) is 48.5 Å². The van der Waals surface area contributed by atoms with Gasteiger partial charge in [0.1, 0.15) is 5.75 Å². The lowest BCUT2D eigenvalue weighted by molar-refractivity contribution is 0.340. The zero-order chi connectivity index (χ0) is 15.2. The van der Waals surface area contributed by atoms with Crippen LogP contribution in [0.2, 0.25) is 5.02 Å². The molecule has 4 heteroatoms. The van der Waals surface area contributed by atoms with Crippen molar-refractivity contribution in [3.63, 3.8) is 0 Å². The minimum Gasteiger partial charge on any atom is -0.506 e. The minimum absolute atomic E-state index is 0.119. The van der Waals surface area contributed by atoms with E-state index in [4.69, 9.17) is 11.6 Å². The second-order valence-electron chi connectivity index (χ2n) is 5.39. The Morgan fingerprint density at radius 2 is 1.86 bits per heavy atom. The topological polar surface area (TPSA) is 35.5 Å². The van der Waals surface area contributed by atoms with Crippen molar-refractivity contribution in [3.05, 3.63) is 64.7 Å². The van der Waals surface area contributed by atoms with Gasteiger partial charge in [-0.2, -0.15) is 0 Å². The van der Waals surface area contributed by atoms with E-state index in [1.807, 2.05) is 12.1 Å². The van der Waals surface area contributed by atoms with E-state index in [0.29, 0.717) is 11.6 Å². The summed E-state index contributed by atoms with van der Waals surface area (Å²) in [6.07, 6.45) is 0. The molecule has 0 fully saturated rings. The Bertz CT molecular complexity index is 572. The number of phenols is 1. The second-order valence-corrected chi connectivity index (χ2v) is 5.80. The molecule has 2 rings (SSSR count). The molecule has 2 aromatic carbocycles. The Kier molecular flexibility index (Phi) is 5.62.